The Morgan fingerprint density at radius 2 is 2.00 bits per heavy atom. The number of benzene rings is 1. The lowest BCUT2D eigenvalue weighted by atomic mass is 9.90. The first kappa shape index (κ1) is 16.8. The molecule has 2 aliphatic rings. The first-order valence-electron chi connectivity index (χ1n) is 8.28. The van der Waals surface area contributed by atoms with Gasteiger partial charge in [-0.05, 0) is 12.5 Å². The maximum atomic E-state index is 12.9. The topological polar surface area (TPSA) is 65.1 Å². The highest BCUT2D eigenvalue weighted by molar-refractivity contribution is 5.80. The van der Waals surface area contributed by atoms with E-state index >= 15 is 0 Å². The smallest absolute Gasteiger partial charge is 0.308 e. The van der Waals surface area contributed by atoms with E-state index in [1.54, 1.807) is 6.92 Å². The van der Waals surface area contributed by atoms with Crippen molar-refractivity contribution in [3.63, 3.8) is 0 Å². The van der Waals surface area contributed by atoms with Gasteiger partial charge < -0.3 is 9.47 Å². The largest absolute Gasteiger partial charge is 0.493 e. The molecule has 0 aliphatic carbocycles. The van der Waals surface area contributed by atoms with Crippen molar-refractivity contribution in [1.82, 2.24) is 5.06 Å². The van der Waals surface area contributed by atoms with Crippen molar-refractivity contribution in [3.8, 4) is 5.75 Å². The van der Waals surface area contributed by atoms with Gasteiger partial charge in [-0.25, -0.2) is 5.06 Å². The lowest BCUT2D eigenvalue weighted by molar-refractivity contribution is -0.182. The number of hydrogen-bond donors (Lipinski definition) is 0. The summed E-state index contributed by atoms with van der Waals surface area (Å²) in [5.74, 6) is -0.116. The molecular formula is C18H23NO5. The number of carbonyl (C=O) groups is 2. The van der Waals surface area contributed by atoms with Crippen molar-refractivity contribution in [3.05, 3.63) is 29.8 Å². The molecular weight excluding hydrogens is 310 g/mol. The van der Waals surface area contributed by atoms with Gasteiger partial charge in [0, 0.05) is 17.4 Å². The Labute approximate surface area is 141 Å². The van der Waals surface area contributed by atoms with Gasteiger partial charge in [-0.15, -0.1) is 0 Å². The standard InChI is InChI=1S/C18H23NO5/c1-11(8-12(2)18(21)22-3)17(20)19-16-13(10-24-19)9-23-15-7-5-4-6-14(15)16/h4-7,11-13,16H,8-10H2,1-3H3/t11-,12+,13-,16+/m1/s1. The Balaban J connectivity index is 1.75. The third-order valence-electron chi connectivity index (χ3n) is 4.77. The highest BCUT2D eigenvalue weighted by Gasteiger charge is 2.45. The molecule has 1 aromatic carbocycles. The molecule has 0 bridgehead atoms. The molecule has 1 aromatic rings. The number of carbonyl (C=O) groups excluding carboxylic acids is 2. The summed E-state index contributed by atoms with van der Waals surface area (Å²) in [6, 6.07) is 7.62. The van der Waals surface area contributed by atoms with E-state index in [2.05, 4.69) is 0 Å². The fraction of sp³-hybridized carbons (Fsp3) is 0.556. The molecule has 4 atom stereocenters. The van der Waals surface area contributed by atoms with Crippen LogP contribution in [-0.4, -0.2) is 37.3 Å². The molecule has 1 amide bonds. The number of ether oxygens (including phenoxy) is 2. The monoisotopic (exact) mass is 333 g/mol. The zero-order chi connectivity index (χ0) is 17.3. The van der Waals surface area contributed by atoms with Crippen molar-refractivity contribution in [1.29, 1.82) is 0 Å². The molecule has 1 fully saturated rings. The van der Waals surface area contributed by atoms with Crippen LogP contribution in [0.1, 0.15) is 31.9 Å². The minimum atomic E-state index is -0.326. The van der Waals surface area contributed by atoms with Gasteiger partial charge >= 0.3 is 5.97 Å². The second-order valence-electron chi connectivity index (χ2n) is 6.57. The minimum absolute atomic E-state index is 0.102. The molecule has 0 radical (unpaired) electrons. The summed E-state index contributed by atoms with van der Waals surface area (Å²) < 4.78 is 10.5. The third kappa shape index (κ3) is 2.98. The van der Waals surface area contributed by atoms with Crippen molar-refractivity contribution in [2.45, 2.75) is 26.3 Å². The zero-order valence-electron chi connectivity index (χ0n) is 14.2. The Morgan fingerprint density at radius 1 is 1.25 bits per heavy atom. The van der Waals surface area contributed by atoms with Gasteiger partial charge in [-0.2, -0.15) is 0 Å². The van der Waals surface area contributed by atoms with Crippen LogP contribution in [-0.2, 0) is 19.2 Å². The predicted octanol–water partition coefficient (Wildman–Crippen LogP) is 2.35. The Kier molecular flexibility index (Phi) is 4.76. The lowest BCUT2D eigenvalue weighted by Gasteiger charge is -2.32. The Morgan fingerprint density at radius 3 is 2.75 bits per heavy atom. The molecule has 6 nitrogen and oxygen atoms in total. The van der Waals surface area contributed by atoms with Crippen molar-refractivity contribution in [2.75, 3.05) is 20.3 Å². The fourth-order valence-corrected chi connectivity index (χ4v) is 3.46. The summed E-state index contributed by atoms with van der Waals surface area (Å²) in [5.41, 5.74) is 0.979. The summed E-state index contributed by atoms with van der Waals surface area (Å²) in [6.45, 7) is 4.60. The van der Waals surface area contributed by atoms with E-state index in [1.165, 1.54) is 12.2 Å². The molecule has 6 heteroatoms. The first-order valence-corrected chi connectivity index (χ1v) is 8.28. The number of rotatable bonds is 4. The summed E-state index contributed by atoms with van der Waals surface area (Å²) in [4.78, 5) is 30.1. The summed E-state index contributed by atoms with van der Waals surface area (Å²) in [7, 11) is 1.36. The Hall–Kier alpha value is -2.08. The number of para-hydroxylation sites is 1. The molecule has 1 saturated heterocycles. The van der Waals surface area contributed by atoms with Gasteiger partial charge in [0.2, 0.25) is 5.91 Å². The van der Waals surface area contributed by atoms with E-state index in [0.717, 1.165) is 11.3 Å². The summed E-state index contributed by atoms with van der Waals surface area (Å²) >= 11 is 0. The van der Waals surface area contributed by atoms with Crippen molar-refractivity contribution >= 4 is 11.9 Å². The van der Waals surface area contributed by atoms with Gasteiger partial charge in [0.1, 0.15) is 5.75 Å². The molecule has 0 spiro atoms. The van der Waals surface area contributed by atoms with Gasteiger partial charge in [0.25, 0.3) is 0 Å². The van der Waals surface area contributed by atoms with Crippen LogP contribution in [0.2, 0.25) is 0 Å². The van der Waals surface area contributed by atoms with Crippen molar-refractivity contribution in [2.24, 2.45) is 17.8 Å². The Bertz CT molecular complexity index is 632. The average molecular weight is 333 g/mol. The number of amides is 1. The number of hydrogen-bond acceptors (Lipinski definition) is 5. The van der Waals surface area contributed by atoms with E-state index in [-0.39, 0.29) is 35.7 Å². The summed E-state index contributed by atoms with van der Waals surface area (Å²) in [5, 5.41) is 1.49. The van der Waals surface area contributed by atoms with Crippen molar-refractivity contribution < 1.29 is 23.9 Å². The van der Waals surface area contributed by atoms with Crippen LogP contribution in [0.3, 0.4) is 0 Å². The van der Waals surface area contributed by atoms with E-state index < -0.39 is 0 Å². The maximum absolute atomic E-state index is 12.9. The average Bonchev–Trinajstić information content (AvgIpc) is 3.04. The minimum Gasteiger partial charge on any atom is -0.493 e. The molecule has 24 heavy (non-hydrogen) atoms. The molecule has 0 saturated carbocycles. The van der Waals surface area contributed by atoms with Crippen LogP contribution in [0.25, 0.3) is 0 Å². The summed E-state index contributed by atoms with van der Waals surface area (Å²) in [6.07, 6.45) is 0.431. The quantitative estimate of drug-likeness (QED) is 0.791. The molecule has 2 heterocycles. The van der Waals surface area contributed by atoms with Crippen LogP contribution in [0.15, 0.2) is 24.3 Å². The van der Waals surface area contributed by atoms with Gasteiger partial charge in [-0.3, -0.25) is 14.4 Å². The van der Waals surface area contributed by atoms with E-state index in [4.69, 9.17) is 14.3 Å². The number of nitrogens with zero attached hydrogens (tertiary/aromatic N) is 1. The van der Waals surface area contributed by atoms with Gasteiger partial charge in [0.05, 0.1) is 32.3 Å². The fourth-order valence-electron chi connectivity index (χ4n) is 3.46. The zero-order valence-corrected chi connectivity index (χ0v) is 14.2. The second-order valence-corrected chi connectivity index (χ2v) is 6.57. The number of esters is 1. The first-order chi connectivity index (χ1) is 11.5. The van der Waals surface area contributed by atoms with Crippen LogP contribution in [0.5, 0.6) is 5.75 Å². The third-order valence-corrected chi connectivity index (χ3v) is 4.77. The normalized spacial score (nSPS) is 24.4. The highest BCUT2D eigenvalue weighted by atomic mass is 16.7. The molecule has 130 valence electrons. The second kappa shape index (κ2) is 6.81. The van der Waals surface area contributed by atoms with Gasteiger partial charge in [-0.1, -0.05) is 32.0 Å². The molecule has 0 N–H and O–H groups in total. The van der Waals surface area contributed by atoms with Gasteiger partial charge in [0.15, 0.2) is 0 Å². The van der Waals surface area contributed by atoms with Crippen LogP contribution in [0.4, 0.5) is 0 Å². The highest BCUT2D eigenvalue weighted by Crippen LogP contribution is 2.43. The van der Waals surface area contributed by atoms with Crippen LogP contribution < -0.4 is 4.74 Å². The van der Waals surface area contributed by atoms with Crippen LogP contribution in [0, 0.1) is 17.8 Å². The SMILES string of the molecule is COC(=O)[C@@H](C)C[C@@H](C)C(=O)N1OC[C@H]2COc3ccccc3[C@H]21. The number of methoxy groups -OCH3 is 1. The maximum Gasteiger partial charge on any atom is 0.308 e. The van der Waals surface area contributed by atoms with E-state index in [1.807, 2.05) is 31.2 Å². The lowest BCUT2D eigenvalue weighted by Crippen LogP contribution is -2.38. The number of fused-ring (bicyclic) bond motifs is 3. The predicted molar refractivity (Wildman–Crippen MR) is 85.9 cm³/mol. The molecule has 0 aromatic heterocycles. The van der Waals surface area contributed by atoms with Crippen LogP contribution >= 0.6 is 0 Å². The molecule has 3 rings (SSSR count). The molecule has 2 aliphatic heterocycles. The number of hydroxylamine groups is 2. The van der Waals surface area contributed by atoms with E-state index in [0.29, 0.717) is 19.6 Å². The molecule has 0 unspecified atom stereocenters. The van der Waals surface area contributed by atoms with E-state index in [9.17, 15) is 9.59 Å².